The molecule has 2 aromatic rings. The van der Waals surface area contributed by atoms with Crippen molar-refractivity contribution in [1.82, 2.24) is 0 Å². The van der Waals surface area contributed by atoms with Crippen molar-refractivity contribution in [3.8, 4) is 5.75 Å². The average molecular weight is 489 g/mol. The molecular weight excluding hydrogens is 463 g/mol. The molecule has 0 fully saturated rings. The summed E-state index contributed by atoms with van der Waals surface area (Å²) in [6.07, 6.45) is 1.19. The van der Waals surface area contributed by atoms with E-state index in [9.17, 15) is 13.0 Å². The third-order valence-electron chi connectivity index (χ3n) is 4.25. The first kappa shape index (κ1) is 22.9. The Hall–Kier alpha value is -1.12. The molecule has 0 aliphatic rings. The maximum Gasteiger partial charge on any atom is 0.262 e. The van der Waals surface area contributed by atoms with Crippen molar-refractivity contribution in [2.24, 2.45) is 0 Å². The Morgan fingerprint density at radius 1 is 1.04 bits per heavy atom. The second kappa shape index (κ2) is 9.71. The lowest BCUT2D eigenvalue weighted by molar-refractivity contribution is 0.372. The number of hydrogen-bond donors (Lipinski definition) is 0. The minimum Gasteiger partial charge on any atom is -0.716 e. The molecule has 0 saturated heterocycles. The van der Waals surface area contributed by atoms with Crippen molar-refractivity contribution in [1.29, 1.82) is 0 Å². The van der Waals surface area contributed by atoms with Crippen LogP contribution in [0.2, 0.25) is 0 Å². The molecule has 0 saturated carbocycles. The molecule has 0 unspecified atom stereocenters. The Morgan fingerprint density at radius 3 is 1.92 bits per heavy atom. The van der Waals surface area contributed by atoms with Crippen LogP contribution in [0.15, 0.2) is 48.5 Å². The van der Waals surface area contributed by atoms with Crippen LogP contribution < -0.4 is 4.18 Å². The lowest BCUT2D eigenvalue weighted by Gasteiger charge is -2.23. The summed E-state index contributed by atoms with van der Waals surface area (Å²) in [5.41, 5.74) is 2.82. The molecule has 6 heteroatoms. The van der Waals surface area contributed by atoms with Crippen LogP contribution in [0, 0.1) is 3.57 Å². The fraction of sp³-hybridized carbons (Fsp3) is 0.400. The minimum absolute atomic E-state index is 0.0457. The third kappa shape index (κ3) is 8.05. The van der Waals surface area contributed by atoms with Gasteiger partial charge in [0.2, 0.25) is 0 Å². The standard InChI is InChI=1S/C11H15I.C9H12O4S/c1-4-11(2,3)9-5-7-10(12)8-6-9;1-7(2)8-3-5-9(6-4-8)13-14(10,11)12/h5-8H,4H2,1-3H3;3-7H,1-2H3,(H,10,11,12)/p-1. The van der Waals surface area contributed by atoms with Crippen LogP contribution in [0.4, 0.5) is 0 Å². The van der Waals surface area contributed by atoms with Gasteiger partial charge in [-0.2, -0.15) is 0 Å². The van der Waals surface area contributed by atoms with E-state index in [0.717, 1.165) is 5.56 Å². The van der Waals surface area contributed by atoms with Crippen molar-refractivity contribution in [2.75, 3.05) is 0 Å². The lowest BCUT2D eigenvalue weighted by atomic mass is 9.82. The molecule has 144 valence electrons. The maximum atomic E-state index is 10.2. The van der Waals surface area contributed by atoms with E-state index in [4.69, 9.17) is 0 Å². The van der Waals surface area contributed by atoms with Gasteiger partial charge in [-0.15, -0.1) is 0 Å². The molecule has 0 aliphatic carbocycles. The predicted molar refractivity (Wildman–Crippen MR) is 113 cm³/mol. The van der Waals surface area contributed by atoms with E-state index in [1.165, 1.54) is 27.7 Å². The zero-order valence-electron chi connectivity index (χ0n) is 15.8. The largest absolute Gasteiger partial charge is 0.716 e. The van der Waals surface area contributed by atoms with Crippen LogP contribution >= 0.6 is 22.6 Å². The highest BCUT2D eigenvalue weighted by Crippen LogP contribution is 2.26. The predicted octanol–water partition coefficient (Wildman–Crippen LogP) is 5.63. The van der Waals surface area contributed by atoms with E-state index >= 15 is 0 Å². The Labute approximate surface area is 171 Å². The molecule has 0 atom stereocenters. The van der Waals surface area contributed by atoms with Gasteiger partial charge >= 0.3 is 0 Å². The molecule has 4 nitrogen and oxygen atoms in total. The second-order valence-corrected chi connectivity index (χ2v) is 9.19. The Balaban J connectivity index is 0.000000263. The molecule has 0 aromatic heterocycles. The van der Waals surface area contributed by atoms with Crippen LogP contribution in [-0.4, -0.2) is 13.0 Å². The summed E-state index contributed by atoms with van der Waals surface area (Å²) >= 11 is 2.34. The van der Waals surface area contributed by atoms with E-state index < -0.39 is 10.4 Å². The average Bonchev–Trinajstić information content (AvgIpc) is 2.55. The first-order valence-electron chi connectivity index (χ1n) is 8.46. The van der Waals surface area contributed by atoms with E-state index in [0.29, 0.717) is 11.3 Å². The first-order chi connectivity index (χ1) is 11.9. The van der Waals surface area contributed by atoms with Gasteiger partial charge in [0.05, 0.1) is 0 Å². The summed E-state index contributed by atoms with van der Waals surface area (Å²) in [6, 6.07) is 15.2. The molecule has 0 N–H and O–H groups in total. The maximum absolute atomic E-state index is 10.2. The molecule has 0 aliphatic heterocycles. The highest BCUT2D eigenvalue weighted by atomic mass is 127. The Bertz CT molecular complexity index is 780. The molecule has 0 heterocycles. The summed E-state index contributed by atoms with van der Waals surface area (Å²) < 4.78 is 36.2. The van der Waals surface area contributed by atoms with Crippen LogP contribution in [0.1, 0.15) is 58.1 Å². The van der Waals surface area contributed by atoms with Gasteiger partial charge in [-0.3, -0.25) is 0 Å². The van der Waals surface area contributed by atoms with E-state index in [2.05, 4.69) is 71.8 Å². The normalized spacial score (nSPS) is 11.7. The quantitative estimate of drug-likeness (QED) is 0.310. The fourth-order valence-electron chi connectivity index (χ4n) is 2.13. The van der Waals surface area contributed by atoms with Crippen molar-refractivity contribution in [3.05, 3.63) is 63.2 Å². The molecule has 2 rings (SSSR count). The highest BCUT2D eigenvalue weighted by Gasteiger charge is 2.16. The minimum atomic E-state index is -4.66. The van der Waals surface area contributed by atoms with Gasteiger partial charge in [0.25, 0.3) is 10.4 Å². The van der Waals surface area contributed by atoms with Crippen LogP contribution in [0.3, 0.4) is 0 Å². The second-order valence-electron chi connectivity index (χ2n) is 6.96. The van der Waals surface area contributed by atoms with Gasteiger partial charge in [0.1, 0.15) is 5.75 Å². The zero-order chi connectivity index (χ0) is 20.0. The summed E-state index contributed by atoms with van der Waals surface area (Å²) in [4.78, 5) is 0. The number of hydrogen-bond acceptors (Lipinski definition) is 4. The van der Waals surface area contributed by atoms with Crippen LogP contribution in [-0.2, 0) is 15.8 Å². The molecule has 0 radical (unpaired) electrons. The summed E-state index contributed by atoms with van der Waals surface area (Å²) in [5.74, 6) is 0.400. The van der Waals surface area contributed by atoms with Gasteiger partial charge in [-0.1, -0.05) is 58.9 Å². The molecule has 0 spiro atoms. The van der Waals surface area contributed by atoms with Crippen molar-refractivity contribution in [2.45, 2.75) is 52.4 Å². The van der Waals surface area contributed by atoms with Gasteiger partial charge < -0.3 is 8.74 Å². The van der Waals surface area contributed by atoms with Gasteiger partial charge in [0, 0.05) is 3.57 Å². The highest BCUT2D eigenvalue weighted by molar-refractivity contribution is 14.1. The molecule has 0 amide bonds. The molecular formula is C20H26IO4S-. The zero-order valence-corrected chi connectivity index (χ0v) is 18.8. The smallest absolute Gasteiger partial charge is 0.262 e. The summed E-state index contributed by atoms with van der Waals surface area (Å²) in [5, 5.41) is 0. The fourth-order valence-corrected chi connectivity index (χ4v) is 2.84. The van der Waals surface area contributed by atoms with E-state index in [1.54, 1.807) is 12.1 Å². The number of rotatable bonds is 5. The third-order valence-corrected chi connectivity index (χ3v) is 5.37. The van der Waals surface area contributed by atoms with Crippen molar-refractivity contribution < 1.29 is 17.2 Å². The van der Waals surface area contributed by atoms with Crippen molar-refractivity contribution in [3.63, 3.8) is 0 Å². The first-order valence-corrected chi connectivity index (χ1v) is 10.9. The van der Waals surface area contributed by atoms with E-state index in [-0.39, 0.29) is 5.75 Å². The monoisotopic (exact) mass is 489 g/mol. The summed E-state index contributed by atoms with van der Waals surface area (Å²) in [7, 11) is -4.66. The SMILES string of the molecule is CC(C)c1ccc(OS(=O)(=O)[O-])cc1.CCC(C)(C)c1ccc(I)cc1. The molecule has 26 heavy (non-hydrogen) atoms. The van der Waals surface area contributed by atoms with E-state index in [1.807, 2.05) is 13.8 Å². The lowest BCUT2D eigenvalue weighted by Crippen LogP contribution is -2.14. The van der Waals surface area contributed by atoms with Gasteiger partial charge in [-0.25, -0.2) is 8.42 Å². The Kier molecular flexibility index (Phi) is 8.56. The Morgan fingerprint density at radius 2 is 1.54 bits per heavy atom. The van der Waals surface area contributed by atoms with Crippen molar-refractivity contribution >= 4 is 33.0 Å². The van der Waals surface area contributed by atoms with Crippen LogP contribution in [0.5, 0.6) is 5.75 Å². The number of halogens is 1. The van der Waals surface area contributed by atoms with Gasteiger partial charge in [0.15, 0.2) is 0 Å². The van der Waals surface area contributed by atoms with Gasteiger partial charge in [-0.05, 0) is 75.7 Å². The molecule has 2 aromatic carbocycles. The molecule has 0 bridgehead atoms. The topological polar surface area (TPSA) is 66.4 Å². The number of benzene rings is 2. The summed E-state index contributed by atoms with van der Waals surface area (Å²) in [6.45, 7) is 10.8. The van der Waals surface area contributed by atoms with Crippen LogP contribution in [0.25, 0.3) is 0 Å².